The van der Waals surface area contributed by atoms with Crippen molar-refractivity contribution in [2.24, 2.45) is 11.8 Å². The topological polar surface area (TPSA) is 15.3 Å². The second kappa shape index (κ2) is 6.13. The molecule has 2 bridgehead atoms. The summed E-state index contributed by atoms with van der Waals surface area (Å²) in [7, 11) is 2.15. The number of piperidine rings is 2. The smallest absolute Gasteiger partial charge is 0.0113 e. The van der Waals surface area contributed by atoms with Gasteiger partial charge in [0.1, 0.15) is 0 Å². The summed E-state index contributed by atoms with van der Waals surface area (Å²) in [6.07, 6.45) is 13.1. The Kier molecular flexibility index (Phi) is 4.48. The zero-order chi connectivity index (χ0) is 13.2. The van der Waals surface area contributed by atoms with E-state index in [0.717, 1.165) is 30.0 Å². The highest BCUT2D eigenvalue weighted by atomic mass is 15.2. The Morgan fingerprint density at radius 2 is 1.58 bits per heavy atom. The molecule has 2 heteroatoms. The molecule has 0 aromatic rings. The van der Waals surface area contributed by atoms with Crippen molar-refractivity contribution in [3.63, 3.8) is 0 Å². The molecule has 0 aromatic carbocycles. The Balaban J connectivity index is 1.58. The van der Waals surface area contributed by atoms with Crippen LogP contribution < -0.4 is 5.32 Å². The minimum atomic E-state index is 0.790. The predicted molar refractivity (Wildman–Crippen MR) is 81.3 cm³/mol. The van der Waals surface area contributed by atoms with Crippen LogP contribution in [0.1, 0.15) is 64.7 Å². The minimum Gasteiger partial charge on any atom is -0.317 e. The van der Waals surface area contributed by atoms with Gasteiger partial charge < -0.3 is 5.32 Å². The number of hydrogen-bond acceptors (Lipinski definition) is 2. The lowest BCUT2D eigenvalue weighted by atomic mass is 9.78. The maximum atomic E-state index is 3.54. The molecular formula is C17H32N2. The molecular weight excluding hydrogens is 232 g/mol. The maximum absolute atomic E-state index is 3.54. The minimum absolute atomic E-state index is 0.790. The van der Waals surface area contributed by atoms with Crippen molar-refractivity contribution in [3.05, 3.63) is 0 Å². The van der Waals surface area contributed by atoms with Gasteiger partial charge in [0, 0.05) is 24.7 Å². The zero-order valence-corrected chi connectivity index (χ0v) is 12.9. The van der Waals surface area contributed by atoms with Crippen molar-refractivity contribution in [1.82, 2.24) is 10.2 Å². The Hall–Kier alpha value is -0.0800. The van der Waals surface area contributed by atoms with Gasteiger partial charge in [-0.25, -0.2) is 0 Å². The maximum Gasteiger partial charge on any atom is 0.0113 e. The van der Waals surface area contributed by atoms with E-state index in [1.54, 1.807) is 0 Å². The third-order valence-electron chi connectivity index (χ3n) is 6.14. The van der Waals surface area contributed by atoms with E-state index in [2.05, 4.69) is 24.2 Å². The quantitative estimate of drug-likeness (QED) is 0.840. The molecule has 3 aliphatic rings. The average Bonchev–Trinajstić information content (AvgIpc) is 2.41. The van der Waals surface area contributed by atoms with E-state index in [0.29, 0.717) is 0 Å². The molecule has 0 amide bonds. The van der Waals surface area contributed by atoms with Crippen LogP contribution in [0.2, 0.25) is 0 Å². The second-order valence-electron chi connectivity index (χ2n) is 7.52. The van der Waals surface area contributed by atoms with Crippen LogP contribution in [-0.4, -0.2) is 36.6 Å². The van der Waals surface area contributed by atoms with Gasteiger partial charge in [0.05, 0.1) is 0 Å². The van der Waals surface area contributed by atoms with Gasteiger partial charge in [-0.2, -0.15) is 0 Å². The fraction of sp³-hybridized carbons (Fsp3) is 1.00. The molecule has 1 saturated carbocycles. The molecule has 2 unspecified atom stereocenters. The van der Waals surface area contributed by atoms with E-state index < -0.39 is 0 Å². The van der Waals surface area contributed by atoms with E-state index in [1.807, 2.05) is 0 Å². The molecule has 1 N–H and O–H groups in total. The fourth-order valence-corrected chi connectivity index (χ4v) is 4.82. The highest BCUT2D eigenvalue weighted by Crippen LogP contribution is 2.37. The van der Waals surface area contributed by atoms with Crippen molar-refractivity contribution >= 4 is 0 Å². The predicted octanol–water partition coefficient (Wildman–Crippen LogP) is 3.42. The Morgan fingerprint density at radius 3 is 2.16 bits per heavy atom. The molecule has 3 rings (SSSR count). The largest absolute Gasteiger partial charge is 0.317 e. The lowest BCUT2D eigenvalue weighted by Crippen LogP contribution is -2.57. The first-order valence-electron chi connectivity index (χ1n) is 8.69. The molecule has 1 aliphatic carbocycles. The van der Waals surface area contributed by atoms with Crippen molar-refractivity contribution < 1.29 is 0 Å². The third kappa shape index (κ3) is 3.16. The van der Waals surface area contributed by atoms with Gasteiger partial charge in [-0.05, 0) is 57.4 Å². The van der Waals surface area contributed by atoms with Crippen molar-refractivity contribution in [2.75, 3.05) is 13.6 Å². The summed E-state index contributed by atoms with van der Waals surface area (Å²) in [4.78, 5) is 2.93. The molecule has 2 nitrogen and oxygen atoms in total. The highest BCUT2D eigenvalue weighted by molar-refractivity contribution is 4.95. The van der Waals surface area contributed by atoms with E-state index in [9.17, 15) is 0 Å². The lowest BCUT2D eigenvalue weighted by molar-refractivity contribution is 0.00743. The van der Waals surface area contributed by atoms with E-state index >= 15 is 0 Å². The molecule has 110 valence electrons. The molecule has 0 spiro atoms. The van der Waals surface area contributed by atoms with Gasteiger partial charge >= 0.3 is 0 Å². The third-order valence-corrected chi connectivity index (χ3v) is 6.14. The normalized spacial score (nSPS) is 44.2. The monoisotopic (exact) mass is 264 g/mol. The van der Waals surface area contributed by atoms with E-state index in [-0.39, 0.29) is 0 Å². The first kappa shape index (κ1) is 13.9. The summed E-state index contributed by atoms with van der Waals surface area (Å²) in [6.45, 7) is 3.85. The number of nitrogens with one attached hydrogen (secondary N) is 1. The van der Waals surface area contributed by atoms with Crippen molar-refractivity contribution in [2.45, 2.75) is 82.8 Å². The number of nitrogens with zero attached hydrogens (tertiary/aromatic N) is 1. The summed E-state index contributed by atoms with van der Waals surface area (Å²) >= 11 is 0. The molecule has 3 fully saturated rings. The molecule has 0 aromatic heterocycles. The molecule has 2 saturated heterocycles. The van der Waals surface area contributed by atoms with Gasteiger partial charge in [0.25, 0.3) is 0 Å². The van der Waals surface area contributed by atoms with Crippen molar-refractivity contribution in [3.8, 4) is 0 Å². The summed E-state index contributed by atoms with van der Waals surface area (Å²) in [5.74, 6) is 2.00. The highest BCUT2D eigenvalue weighted by Gasteiger charge is 2.38. The van der Waals surface area contributed by atoms with Crippen LogP contribution in [0.25, 0.3) is 0 Å². The average molecular weight is 264 g/mol. The lowest BCUT2D eigenvalue weighted by Gasteiger charge is -2.50. The zero-order valence-electron chi connectivity index (χ0n) is 12.9. The Labute approximate surface area is 119 Å². The van der Waals surface area contributed by atoms with Gasteiger partial charge in [0.15, 0.2) is 0 Å². The van der Waals surface area contributed by atoms with Crippen LogP contribution in [0.3, 0.4) is 0 Å². The SMILES string of the molecule is CNC1CC2CCCC(C1)N2CC1CCC(C)CC1. The van der Waals surface area contributed by atoms with Crippen LogP contribution in [0, 0.1) is 11.8 Å². The standard InChI is InChI=1S/C17H32N2/c1-13-6-8-14(9-7-13)12-19-16-4-3-5-17(19)11-15(10-16)18-2/h13-18H,3-12H2,1-2H3. The summed E-state index contributed by atoms with van der Waals surface area (Å²) in [6, 6.07) is 2.58. The molecule has 2 atom stereocenters. The van der Waals surface area contributed by atoms with Crippen LogP contribution >= 0.6 is 0 Å². The number of hydrogen-bond donors (Lipinski definition) is 1. The van der Waals surface area contributed by atoms with Gasteiger partial charge in [-0.1, -0.05) is 26.2 Å². The van der Waals surface area contributed by atoms with E-state index in [1.165, 1.54) is 64.3 Å². The first-order valence-corrected chi connectivity index (χ1v) is 8.69. The molecule has 19 heavy (non-hydrogen) atoms. The van der Waals surface area contributed by atoms with Crippen LogP contribution in [0.15, 0.2) is 0 Å². The van der Waals surface area contributed by atoms with Gasteiger partial charge in [-0.3, -0.25) is 4.90 Å². The van der Waals surface area contributed by atoms with Crippen LogP contribution in [-0.2, 0) is 0 Å². The summed E-state index contributed by atoms with van der Waals surface area (Å²) in [5.41, 5.74) is 0. The Bertz CT molecular complexity index is 269. The first-order chi connectivity index (χ1) is 9.26. The fourth-order valence-electron chi connectivity index (χ4n) is 4.82. The van der Waals surface area contributed by atoms with Crippen LogP contribution in [0.5, 0.6) is 0 Å². The molecule has 2 heterocycles. The molecule has 0 radical (unpaired) electrons. The number of rotatable bonds is 3. The summed E-state index contributed by atoms with van der Waals surface area (Å²) < 4.78 is 0. The Morgan fingerprint density at radius 1 is 0.947 bits per heavy atom. The van der Waals surface area contributed by atoms with Gasteiger partial charge in [-0.15, -0.1) is 0 Å². The van der Waals surface area contributed by atoms with Crippen LogP contribution in [0.4, 0.5) is 0 Å². The van der Waals surface area contributed by atoms with Gasteiger partial charge in [0.2, 0.25) is 0 Å². The second-order valence-corrected chi connectivity index (χ2v) is 7.52. The molecule has 2 aliphatic heterocycles. The number of fused-ring (bicyclic) bond motifs is 2. The summed E-state index contributed by atoms with van der Waals surface area (Å²) in [5, 5.41) is 3.54. The van der Waals surface area contributed by atoms with E-state index in [4.69, 9.17) is 0 Å². The van der Waals surface area contributed by atoms with Crippen molar-refractivity contribution in [1.29, 1.82) is 0 Å².